The zero-order chi connectivity index (χ0) is 12.8. The molecule has 0 amide bonds. The van der Waals surface area contributed by atoms with Gasteiger partial charge in [-0.3, -0.25) is 4.79 Å². The number of carbonyl (C=O) groups excluding carboxylic acids is 1. The summed E-state index contributed by atoms with van der Waals surface area (Å²) in [6, 6.07) is 0. The first-order valence-corrected chi connectivity index (χ1v) is 5.53. The smallest absolute Gasteiger partial charge is 0.460 e. The average Bonchev–Trinajstić information content (AvgIpc) is 1.97. The molecule has 16 heavy (non-hydrogen) atoms. The molecule has 0 aliphatic carbocycles. The summed E-state index contributed by atoms with van der Waals surface area (Å²) in [4.78, 5) is 11.2. The van der Waals surface area contributed by atoms with E-state index in [1.807, 2.05) is 0 Å². The normalized spacial score (nSPS) is 12.6. The SMILES string of the molecule is CC(C)(C)OC(=O)CCCCC[B-](F)(F)F. The van der Waals surface area contributed by atoms with Gasteiger partial charge in [0.1, 0.15) is 5.60 Å². The van der Waals surface area contributed by atoms with E-state index in [-0.39, 0.29) is 18.8 Å². The van der Waals surface area contributed by atoms with E-state index in [1.54, 1.807) is 20.8 Å². The van der Waals surface area contributed by atoms with Crippen LogP contribution in [0, 0.1) is 0 Å². The van der Waals surface area contributed by atoms with Gasteiger partial charge in [-0.1, -0.05) is 19.2 Å². The summed E-state index contributed by atoms with van der Waals surface area (Å²) in [5.41, 5.74) is -0.522. The molecule has 0 aromatic carbocycles. The standard InChI is InChI=1S/C10H19BF3O2/c1-10(2,3)16-9(15)7-5-4-6-8-11(12,13)14/h4-8H2,1-3H3/q-1. The molecule has 0 unspecified atom stereocenters. The topological polar surface area (TPSA) is 26.3 Å². The predicted molar refractivity (Wildman–Crippen MR) is 58.2 cm³/mol. The molecule has 0 aromatic rings. The van der Waals surface area contributed by atoms with Gasteiger partial charge in [0, 0.05) is 6.42 Å². The minimum absolute atomic E-state index is 0.103. The Kier molecular flexibility index (Phi) is 5.90. The van der Waals surface area contributed by atoms with Crippen molar-refractivity contribution in [3.63, 3.8) is 0 Å². The van der Waals surface area contributed by atoms with Crippen LogP contribution >= 0.6 is 0 Å². The van der Waals surface area contributed by atoms with Crippen LogP contribution in [0.15, 0.2) is 0 Å². The highest BCUT2D eigenvalue weighted by molar-refractivity contribution is 6.58. The summed E-state index contributed by atoms with van der Waals surface area (Å²) >= 11 is 0. The largest absolute Gasteiger partial charge is 0.478 e. The van der Waals surface area contributed by atoms with Crippen LogP contribution in [0.2, 0.25) is 6.32 Å². The first-order valence-electron chi connectivity index (χ1n) is 5.53. The molecule has 0 saturated carbocycles. The van der Waals surface area contributed by atoms with Crippen molar-refractivity contribution >= 4 is 12.9 Å². The van der Waals surface area contributed by atoms with Gasteiger partial charge in [0.15, 0.2) is 0 Å². The molecular weight excluding hydrogens is 220 g/mol. The number of halogens is 3. The number of carbonyl (C=O) groups is 1. The molecule has 0 rings (SSSR count). The average molecular weight is 239 g/mol. The second-order valence-electron chi connectivity index (χ2n) is 4.90. The third-order valence-electron chi connectivity index (χ3n) is 1.83. The van der Waals surface area contributed by atoms with Crippen molar-refractivity contribution in [2.24, 2.45) is 0 Å². The quantitative estimate of drug-likeness (QED) is 0.401. The van der Waals surface area contributed by atoms with Gasteiger partial charge >= 0.3 is 12.9 Å². The van der Waals surface area contributed by atoms with Gasteiger partial charge in [0.25, 0.3) is 0 Å². The Balaban J connectivity index is 3.50. The van der Waals surface area contributed by atoms with E-state index in [0.29, 0.717) is 12.8 Å². The summed E-state index contributed by atoms with van der Waals surface area (Å²) in [6.45, 7) is 0.608. The summed E-state index contributed by atoms with van der Waals surface area (Å²) in [6.07, 6.45) is 0.463. The Morgan fingerprint density at radius 1 is 1.12 bits per heavy atom. The molecule has 0 radical (unpaired) electrons. The van der Waals surface area contributed by atoms with E-state index >= 15 is 0 Å². The Bertz CT molecular complexity index is 221. The van der Waals surface area contributed by atoms with Crippen molar-refractivity contribution in [3.8, 4) is 0 Å². The molecule has 0 N–H and O–H groups in total. The monoisotopic (exact) mass is 239 g/mol. The second kappa shape index (κ2) is 6.16. The van der Waals surface area contributed by atoms with Crippen LogP contribution in [-0.4, -0.2) is 18.5 Å². The first-order chi connectivity index (χ1) is 7.10. The van der Waals surface area contributed by atoms with E-state index in [1.165, 1.54) is 0 Å². The lowest BCUT2D eigenvalue weighted by molar-refractivity contribution is -0.154. The number of esters is 1. The van der Waals surface area contributed by atoms with Crippen LogP contribution in [0.5, 0.6) is 0 Å². The predicted octanol–water partition coefficient (Wildman–Crippen LogP) is 3.74. The second-order valence-corrected chi connectivity index (χ2v) is 4.90. The minimum Gasteiger partial charge on any atom is -0.460 e. The molecule has 0 atom stereocenters. The number of hydrogen-bond acceptors (Lipinski definition) is 2. The van der Waals surface area contributed by atoms with E-state index < -0.39 is 18.9 Å². The summed E-state index contributed by atoms with van der Waals surface area (Å²) in [5.74, 6) is -0.343. The summed E-state index contributed by atoms with van der Waals surface area (Å²) in [5, 5.41) is 0. The number of unbranched alkanes of at least 4 members (excludes halogenated alkanes) is 2. The highest BCUT2D eigenvalue weighted by Gasteiger charge is 2.21. The van der Waals surface area contributed by atoms with Crippen molar-refractivity contribution in [3.05, 3.63) is 0 Å². The molecular formula is C10H19BF3O2-. The first kappa shape index (κ1) is 15.3. The maximum absolute atomic E-state index is 11.8. The number of rotatable bonds is 6. The van der Waals surface area contributed by atoms with Crippen molar-refractivity contribution in [2.75, 3.05) is 0 Å². The van der Waals surface area contributed by atoms with Gasteiger partial charge in [0.05, 0.1) is 0 Å². The molecule has 0 heterocycles. The maximum Gasteiger partial charge on any atom is 0.478 e. The van der Waals surface area contributed by atoms with Gasteiger partial charge in [-0.15, -0.1) is 0 Å². The molecule has 0 aliphatic heterocycles. The van der Waals surface area contributed by atoms with Gasteiger partial charge < -0.3 is 17.7 Å². The molecule has 0 spiro atoms. The van der Waals surface area contributed by atoms with Gasteiger partial charge in [0.2, 0.25) is 0 Å². The summed E-state index contributed by atoms with van der Waals surface area (Å²) < 4.78 is 40.5. The maximum atomic E-state index is 11.8. The highest BCUT2D eigenvalue weighted by Crippen LogP contribution is 2.19. The van der Waals surface area contributed by atoms with Crippen LogP contribution in [0.25, 0.3) is 0 Å². The molecule has 0 fully saturated rings. The Hall–Kier alpha value is -0.675. The molecule has 0 bridgehead atoms. The molecule has 2 nitrogen and oxygen atoms in total. The molecule has 0 aliphatic rings. The third-order valence-corrected chi connectivity index (χ3v) is 1.83. The van der Waals surface area contributed by atoms with Gasteiger partial charge in [-0.25, -0.2) is 0 Å². The fourth-order valence-corrected chi connectivity index (χ4v) is 1.21. The Morgan fingerprint density at radius 3 is 2.12 bits per heavy atom. The molecule has 96 valence electrons. The molecule has 6 heteroatoms. The van der Waals surface area contributed by atoms with Crippen LogP contribution in [-0.2, 0) is 9.53 Å². The lowest BCUT2D eigenvalue weighted by Crippen LogP contribution is -2.23. The number of hydrogen-bond donors (Lipinski definition) is 0. The lowest BCUT2D eigenvalue weighted by Gasteiger charge is -2.19. The van der Waals surface area contributed by atoms with Gasteiger partial charge in [-0.05, 0) is 27.2 Å². The van der Waals surface area contributed by atoms with Gasteiger partial charge in [-0.2, -0.15) is 0 Å². The summed E-state index contributed by atoms with van der Waals surface area (Å²) in [7, 11) is 0. The zero-order valence-corrected chi connectivity index (χ0v) is 10.1. The van der Waals surface area contributed by atoms with Crippen LogP contribution < -0.4 is 0 Å². The Labute approximate surface area is 94.6 Å². The van der Waals surface area contributed by atoms with Crippen molar-refractivity contribution in [1.82, 2.24) is 0 Å². The van der Waals surface area contributed by atoms with Crippen molar-refractivity contribution in [2.45, 2.75) is 58.4 Å². The van der Waals surface area contributed by atoms with E-state index in [0.717, 1.165) is 0 Å². The van der Waals surface area contributed by atoms with E-state index in [4.69, 9.17) is 4.74 Å². The van der Waals surface area contributed by atoms with E-state index in [2.05, 4.69) is 0 Å². The third kappa shape index (κ3) is 11.4. The number of ether oxygens (including phenoxy) is 1. The Morgan fingerprint density at radius 2 is 1.69 bits per heavy atom. The fourth-order valence-electron chi connectivity index (χ4n) is 1.21. The molecule has 0 saturated heterocycles. The minimum atomic E-state index is -4.68. The lowest BCUT2D eigenvalue weighted by atomic mass is 9.83. The van der Waals surface area contributed by atoms with E-state index in [9.17, 15) is 17.7 Å². The van der Waals surface area contributed by atoms with Crippen LogP contribution in [0.4, 0.5) is 12.9 Å². The molecule has 0 aromatic heterocycles. The zero-order valence-electron chi connectivity index (χ0n) is 10.1. The van der Waals surface area contributed by atoms with Crippen LogP contribution in [0.1, 0.15) is 46.5 Å². The van der Waals surface area contributed by atoms with Crippen molar-refractivity contribution in [1.29, 1.82) is 0 Å². The fraction of sp³-hybridized carbons (Fsp3) is 0.900. The van der Waals surface area contributed by atoms with Crippen molar-refractivity contribution < 1.29 is 22.5 Å². The highest BCUT2D eigenvalue weighted by atomic mass is 19.4. The van der Waals surface area contributed by atoms with Crippen LogP contribution in [0.3, 0.4) is 0 Å².